The van der Waals surface area contributed by atoms with Crippen LogP contribution < -0.4 is 15.5 Å². The Morgan fingerprint density at radius 1 is 1.03 bits per heavy atom. The second-order valence-corrected chi connectivity index (χ2v) is 10.4. The second kappa shape index (κ2) is 12.0. The van der Waals surface area contributed by atoms with E-state index in [2.05, 4.69) is 20.9 Å². The summed E-state index contributed by atoms with van der Waals surface area (Å²) in [6.07, 6.45) is 0.365. The third-order valence-electron chi connectivity index (χ3n) is 5.31. The lowest BCUT2D eigenvalue weighted by molar-refractivity contribution is -0.115. The van der Waals surface area contributed by atoms with Gasteiger partial charge in [0.25, 0.3) is 0 Å². The molecule has 1 heterocycles. The van der Waals surface area contributed by atoms with Gasteiger partial charge in [-0.15, -0.1) is 5.10 Å². The number of aromatic nitrogens is 3. The molecule has 0 aliphatic rings. The maximum absolute atomic E-state index is 14.7. The normalized spacial score (nSPS) is 11.3. The van der Waals surface area contributed by atoms with Crippen LogP contribution in [0, 0.1) is 5.82 Å². The summed E-state index contributed by atoms with van der Waals surface area (Å²) in [5.74, 6) is -1.75. The van der Waals surface area contributed by atoms with E-state index in [1.807, 2.05) is 19.0 Å². The van der Waals surface area contributed by atoms with Crippen LogP contribution in [-0.4, -0.2) is 71.5 Å². The minimum atomic E-state index is -0.774. The van der Waals surface area contributed by atoms with Crippen molar-refractivity contribution in [2.45, 2.75) is 39.3 Å². The molecule has 11 nitrogen and oxygen atoms in total. The van der Waals surface area contributed by atoms with Gasteiger partial charge in [-0.1, -0.05) is 17.3 Å². The van der Waals surface area contributed by atoms with Gasteiger partial charge < -0.3 is 19.9 Å². The SMILES string of the molecule is CN(C)Cc1cnnn1-c1cccc(C(=O)CC(=O)Nc2cc(F)c(N(C)C)cc2NC(=O)OC(C)(C)C)c1. The van der Waals surface area contributed by atoms with Gasteiger partial charge in [0.2, 0.25) is 5.91 Å². The van der Waals surface area contributed by atoms with E-state index in [9.17, 15) is 18.8 Å². The fourth-order valence-corrected chi connectivity index (χ4v) is 3.68. The smallest absolute Gasteiger partial charge is 0.412 e. The molecule has 0 saturated heterocycles. The molecule has 12 heteroatoms. The highest BCUT2D eigenvalue weighted by Crippen LogP contribution is 2.31. The summed E-state index contributed by atoms with van der Waals surface area (Å²) < 4.78 is 21.7. The molecule has 2 amide bonds. The lowest BCUT2D eigenvalue weighted by atomic mass is 10.1. The predicted molar refractivity (Wildman–Crippen MR) is 147 cm³/mol. The van der Waals surface area contributed by atoms with E-state index in [1.54, 1.807) is 70.0 Å². The van der Waals surface area contributed by atoms with Gasteiger partial charge in [-0.2, -0.15) is 0 Å². The lowest BCUT2D eigenvalue weighted by Gasteiger charge is -2.22. The van der Waals surface area contributed by atoms with E-state index in [0.29, 0.717) is 17.8 Å². The van der Waals surface area contributed by atoms with Gasteiger partial charge in [-0.25, -0.2) is 13.9 Å². The lowest BCUT2D eigenvalue weighted by Crippen LogP contribution is -2.28. The van der Waals surface area contributed by atoms with Crippen LogP contribution in [0.15, 0.2) is 42.6 Å². The number of rotatable bonds is 9. The molecule has 2 aromatic carbocycles. The van der Waals surface area contributed by atoms with E-state index in [0.717, 1.165) is 11.8 Å². The molecule has 3 rings (SSSR count). The molecular weight excluding hydrogens is 505 g/mol. The Kier molecular flexibility index (Phi) is 9.02. The maximum atomic E-state index is 14.7. The van der Waals surface area contributed by atoms with Gasteiger partial charge in [0, 0.05) is 32.3 Å². The van der Waals surface area contributed by atoms with Crippen molar-refractivity contribution >= 4 is 34.8 Å². The zero-order chi connectivity index (χ0) is 28.9. The van der Waals surface area contributed by atoms with Gasteiger partial charge in [0.1, 0.15) is 11.4 Å². The van der Waals surface area contributed by atoms with Crippen molar-refractivity contribution < 1.29 is 23.5 Å². The van der Waals surface area contributed by atoms with Crippen molar-refractivity contribution in [3.8, 4) is 5.69 Å². The van der Waals surface area contributed by atoms with Crippen molar-refractivity contribution in [2.24, 2.45) is 0 Å². The first-order chi connectivity index (χ1) is 18.2. The highest BCUT2D eigenvalue weighted by Gasteiger charge is 2.21. The summed E-state index contributed by atoms with van der Waals surface area (Å²) in [6.45, 7) is 5.71. The van der Waals surface area contributed by atoms with Gasteiger partial charge in [-0.05, 0) is 53.1 Å². The van der Waals surface area contributed by atoms with E-state index < -0.39 is 35.6 Å². The van der Waals surface area contributed by atoms with Crippen molar-refractivity contribution in [1.29, 1.82) is 0 Å². The average Bonchev–Trinajstić information content (AvgIpc) is 3.26. The topological polar surface area (TPSA) is 122 Å². The number of carbonyl (C=O) groups excluding carboxylic acids is 3. The minimum Gasteiger partial charge on any atom is -0.444 e. The van der Waals surface area contributed by atoms with Gasteiger partial charge >= 0.3 is 6.09 Å². The second-order valence-electron chi connectivity index (χ2n) is 10.4. The fourth-order valence-electron chi connectivity index (χ4n) is 3.68. The van der Waals surface area contributed by atoms with Crippen molar-refractivity contribution in [3.63, 3.8) is 0 Å². The Hall–Kier alpha value is -4.32. The summed E-state index contributed by atoms with van der Waals surface area (Å²) in [4.78, 5) is 41.7. The summed E-state index contributed by atoms with van der Waals surface area (Å²) in [5, 5.41) is 13.1. The monoisotopic (exact) mass is 539 g/mol. The molecule has 0 aliphatic heterocycles. The molecule has 3 aromatic rings. The van der Waals surface area contributed by atoms with Crippen LogP contribution in [0.5, 0.6) is 0 Å². The number of ketones is 1. The van der Waals surface area contributed by atoms with E-state index in [-0.39, 0.29) is 17.1 Å². The third-order valence-corrected chi connectivity index (χ3v) is 5.31. The molecule has 0 spiro atoms. The number of Topliss-reactive ketones (excluding diaryl/α,β-unsaturated/α-hetero) is 1. The predicted octanol–water partition coefficient (Wildman–Crippen LogP) is 4.09. The zero-order valence-electron chi connectivity index (χ0n) is 23.2. The highest BCUT2D eigenvalue weighted by atomic mass is 19.1. The quantitative estimate of drug-likeness (QED) is 0.308. The Balaban J connectivity index is 1.79. The van der Waals surface area contributed by atoms with Crippen LogP contribution in [0.25, 0.3) is 5.69 Å². The number of ether oxygens (including phenoxy) is 1. The molecule has 2 N–H and O–H groups in total. The van der Waals surface area contributed by atoms with Crippen LogP contribution in [0.2, 0.25) is 0 Å². The molecular formula is C27H34FN7O4. The molecule has 0 bridgehead atoms. The Morgan fingerprint density at radius 2 is 1.72 bits per heavy atom. The van der Waals surface area contributed by atoms with E-state index in [4.69, 9.17) is 4.74 Å². The largest absolute Gasteiger partial charge is 0.444 e. The maximum Gasteiger partial charge on any atom is 0.412 e. The molecule has 0 saturated carbocycles. The minimum absolute atomic E-state index is 0.00791. The van der Waals surface area contributed by atoms with Crippen molar-refractivity contribution in [2.75, 3.05) is 43.7 Å². The van der Waals surface area contributed by atoms with Crippen LogP contribution in [0.1, 0.15) is 43.2 Å². The Bertz CT molecular complexity index is 1360. The van der Waals surface area contributed by atoms with Crippen molar-refractivity contribution in [1.82, 2.24) is 19.9 Å². The molecule has 0 radical (unpaired) electrons. The molecule has 208 valence electrons. The fraction of sp³-hybridized carbons (Fsp3) is 0.370. The molecule has 39 heavy (non-hydrogen) atoms. The van der Waals surface area contributed by atoms with Gasteiger partial charge in [-0.3, -0.25) is 14.9 Å². The number of amides is 2. The summed E-state index contributed by atoms with van der Waals surface area (Å²) >= 11 is 0. The standard InChI is InChI=1S/C27H34FN7O4/c1-27(2,3)39-26(38)31-22-13-23(34(6)7)20(28)12-21(22)30-25(37)14-24(36)17-9-8-10-18(11-17)35-19(15-29-32-35)16-33(4)5/h8-13,15H,14,16H2,1-7H3,(H,30,37)(H,31,38). The molecule has 0 fully saturated rings. The van der Waals surface area contributed by atoms with E-state index in [1.165, 1.54) is 11.0 Å². The van der Waals surface area contributed by atoms with Crippen LogP contribution in [0.4, 0.5) is 26.2 Å². The number of hydrogen-bond acceptors (Lipinski definition) is 8. The average molecular weight is 540 g/mol. The van der Waals surface area contributed by atoms with Crippen LogP contribution >= 0.6 is 0 Å². The van der Waals surface area contributed by atoms with Crippen LogP contribution in [0.3, 0.4) is 0 Å². The van der Waals surface area contributed by atoms with Crippen molar-refractivity contribution in [3.05, 3.63) is 59.7 Å². The van der Waals surface area contributed by atoms with Crippen LogP contribution in [-0.2, 0) is 16.1 Å². The summed E-state index contributed by atoms with van der Waals surface area (Å²) in [5.41, 5.74) is 1.29. The molecule has 0 atom stereocenters. The number of nitrogens with one attached hydrogen (secondary N) is 2. The summed E-state index contributed by atoms with van der Waals surface area (Å²) in [6, 6.07) is 9.17. The molecule has 0 unspecified atom stereocenters. The number of hydrogen-bond donors (Lipinski definition) is 2. The Labute approximate surface area is 226 Å². The van der Waals surface area contributed by atoms with Gasteiger partial charge in [0.15, 0.2) is 5.78 Å². The number of halogens is 1. The highest BCUT2D eigenvalue weighted by molar-refractivity contribution is 6.12. The number of anilines is 3. The Morgan fingerprint density at radius 3 is 2.36 bits per heavy atom. The summed E-state index contributed by atoms with van der Waals surface area (Å²) in [7, 11) is 7.13. The number of benzene rings is 2. The third kappa shape index (κ3) is 8.08. The molecule has 0 aliphatic carbocycles. The zero-order valence-corrected chi connectivity index (χ0v) is 23.2. The molecule has 1 aromatic heterocycles. The number of nitrogens with zero attached hydrogens (tertiary/aromatic N) is 5. The number of carbonyl (C=O) groups is 3. The van der Waals surface area contributed by atoms with Gasteiger partial charge in [0.05, 0.1) is 41.1 Å². The van der Waals surface area contributed by atoms with E-state index >= 15 is 0 Å². The first kappa shape index (κ1) is 29.2. The first-order valence-corrected chi connectivity index (χ1v) is 12.2. The first-order valence-electron chi connectivity index (χ1n) is 12.2.